The number of aryl methyl sites for hydroxylation is 1. The normalized spacial score (nSPS) is 16.4. The zero-order chi connectivity index (χ0) is 18.6. The molecule has 3 aromatic rings. The monoisotopic (exact) mass is 366 g/mol. The minimum absolute atomic E-state index is 0.187. The summed E-state index contributed by atoms with van der Waals surface area (Å²) in [5, 5.41) is 4.13. The molecule has 1 N–H and O–H groups in total. The maximum Gasteiger partial charge on any atom is 0.137 e. The summed E-state index contributed by atoms with van der Waals surface area (Å²) in [6.45, 7) is 6.03. The number of morpholine rings is 1. The Labute approximate surface area is 158 Å². The Hall–Kier alpha value is -2.57. The highest BCUT2D eigenvalue weighted by Crippen LogP contribution is 2.25. The molecule has 1 aliphatic rings. The third-order valence-electron chi connectivity index (χ3n) is 4.97. The second kappa shape index (κ2) is 7.98. The summed E-state index contributed by atoms with van der Waals surface area (Å²) in [6, 6.07) is 13.3. The Kier molecular flexibility index (Phi) is 5.27. The van der Waals surface area contributed by atoms with Gasteiger partial charge in [-0.2, -0.15) is 0 Å². The smallest absolute Gasteiger partial charge is 0.137 e. The van der Waals surface area contributed by atoms with Gasteiger partial charge in [-0.3, -0.25) is 4.90 Å². The van der Waals surface area contributed by atoms with Gasteiger partial charge in [0.25, 0.3) is 0 Å². The lowest BCUT2D eigenvalue weighted by molar-refractivity contribution is 0.0187. The van der Waals surface area contributed by atoms with Crippen molar-refractivity contribution in [3.05, 3.63) is 65.7 Å². The number of nitrogens with one attached hydrogen (secondary N) is 1. The minimum Gasteiger partial charge on any atom is -0.379 e. The molecule has 4 rings (SSSR count). The average Bonchev–Trinajstić information content (AvgIpc) is 2.69. The standard InChI is InChI=1S/C21H23FN4O/c1-15-3-2-4-16(11-15)20(26-7-9-27-10-8-26)13-23-21-18-12-17(22)5-6-19(18)24-14-25-21/h2-6,11-12,14,20H,7-10,13H2,1H3,(H,23,24,25). The molecule has 0 radical (unpaired) electrons. The van der Waals surface area contributed by atoms with Crippen LogP contribution in [0.5, 0.6) is 0 Å². The molecule has 6 heteroatoms. The van der Waals surface area contributed by atoms with Crippen molar-refractivity contribution in [2.24, 2.45) is 0 Å². The van der Waals surface area contributed by atoms with Crippen molar-refractivity contribution in [1.82, 2.24) is 14.9 Å². The van der Waals surface area contributed by atoms with Gasteiger partial charge in [0.05, 0.1) is 24.8 Å². The highest BCUT2D eigenvalue weighted by atomic mass is 19.1. The lowest BCUT2D eigenvalue weighted by atomic mass is 10.0. The number of anilines is 1. The molecule has 0 saturated carbocycles. The number of hydrogen-bond donors (Lipinski definition) is 1. The van der Waals surface area contributed by atoms with Crippen molar-refractivity contribution in [2.45, 2.75) is 13.0 Å². The Bertz CT molecular complexity index is 927. The van der Waals surface area contributed by atoms with Crippen molar-refractivity contribution in [3.63, 3.8) is 0 Å². The summed E-state index contributed by atoms with van der Waals surface area (Å²) in [5.41, 5.74) is 3.22. The van der Waals surface area contributed by atoms with E-state index in [2.05, 4.69) is 51.4 Å². The van der Waals surface area contributed by atoms with Gasteiger partial charge in [0.15, 0.2) is 0 Å². The fraction of sp³-hybridized carbons (Fsp3) is 0.333. The molecular weight excluding hydrogens is 343 g/mol. The van der Waals surface area contributed by atoms with Crippen molar-refractivity contribution in [2.75, 3.05) is 38.2 Å². The maximum absolute atomic E-state index is 13.7. The Morgan fingerprint density at radius 2 is 2.00 bits per heavy atom. The number of ether oxygens (including phenoxy) is 1. The van der Waals surface area contributed by atoms with E-state index in [1.54, 1.807) is 6.07 Å². The van der Waals surface area contributed by atoms with E-state index >= 15 is 0 Å². The number of hydrogen-bond acceptors (Lipinski definition) is 5. The van der Waals surface area contributed by atoms with E-state index in [0.29, 0.717) is 17.7 Å². The molecule has 0 aliphatic carbocycles. The minimum atomic E-state index is -0.288. The fourth-order valence-electron chi connectivity index (χ4n) is 3.59. The molecule has 0 amide bonds. The van der Waals surface area contributed by atoms with Gasteiger partial charge in [-0.1, -0.05) is 29.8 Å². The topological polar surface area (TPSA) is 50.3 Å². The summed E-state index contributed by atoms with van der Waals surface area (Å²) in [5.74, 6) is 0.370. The third kappa shape index (κ3) is 4.07. The van der Waals surface area contributed by atoms with Crippen LogP contribution < -0.4 is 5.32 Å². The molecule has 1 unspecified atom stereocenters. The first-order valence-electron chi connectivity index (χ1n) is 9.23. The van der Waals surface area contributed by atoms with Gasteiger partial charge in [-0.15, -0.1) is 0 Å². The average molecular weight is 366 g/mol. The van der Waals surface area contributed by atoms with Gasteiger partial charge >= 0.3 is 0 Å². The largest absolute Gasteiger partial charge is 0.379 e. The number of rotatable bonds is 5. The van der Waals surface area contributed by atoms with Crippen LogP contribution in [0.3, 0.4) is 0 Å². The second-order valence-electron chi connectivity index (χ2n) is 6.84. The Morgan fingerprint density at radius 3 is 2.81 bits per heavy atom. The van der Waals surface area contributed by atoms with E-state index in [1.165, 1.54) is 29.6 Å². The maximum atomic E-state index is 13.7. The number of halogens is 1. The molecule has 1 aromatic heterocycles. The molecule has 0 bridgehead atoms. The van der Waals surface area contributed by atoms with Crippen molar-refractivity contribution >= 4 is 16.7 Å². The molecule has 1 fully saturated rings. The van der Waals surface area contributed by atoms with Gasteiger partial charge in [0.2, 0.25) is 0 Å². The van der Waals surface area contributed by atoms with Crippen LogP contribution in [0.4, 0.5) is 10.2 Å². The molecule has 1 saturated heterocycles. The van der Waals surface area contributed by atoms with Gasteiger partial charge in [-0.25, -0.2) is 14.4 Å². The highest BCUT2D eigenvalue weighted by Gasteiger charge is 2.23. The summed E-state index contributed by atoms with van der Waals surface area (Å²) in [7, 11) is 0. The summed E-state index contributed by atoms with van der Waals surface area (Å²) < 4.78 is 19.2. The van der Waals surface area contributed by atoms with Crippen molar-refractivity contribution < 1.29 is 9.13 Å². The number of benzene rings is 2. The molecule has 1 aliphatic heterocycles. The van der Waals surface area contributed by atoms with Crippen molar-refractivity contribution in [3.8, 4) is 0 Å². The first-order chi connectivity index (χ1) is 13.2. The van der Waals surface area contributed by atoms with Crippen LogP contribution in [0.2, 0.25) is 0 Å². The lowest BCUT2D eigenvalue weighted by Crippen LogP contribution is -2.41. The van der Waals surface area contributed by atoms with Gasteiger partial charge in [0, 0.05) is 25.0 Å². The Balaban J connectivity index is 1.61. The fourth-order valence-corrected chi connectivity index (χ4v) is 3.59. The second-order valence-corrected chi connectivity index (χ2v) is 6.84. The molecule has 2 heterocycles. The zero-order valence-corrected chi connectivity index (χ0v) is 15.4. The van der Waals surface area contributed by atoms with Crippen LogP contribution in [0.1, 0.15) is 17.2 Å². The van der Waals surface area contributed by atoms with Crippen LogP contribution >= 0.6 is 0 Å². The van der Waals surface area contributed by atoms with Gasteiger partial charge < -0.3 is 10.1 Å². The molecule has 2 aromatic carbocycles. The van der Waals surface area contributed by atoms with E-state index in [0.717, 1.165) is 31.8 Å². The lowest BCUT2D eigenvalue weighted by Gasteiger charge is -2.35. The van der Waals surface area contributed by atoms with E-state index in [4.69, 9.17) is 4.74 Å². The van der Waals surface area contributed by atoms with E-state index in [1.807, 2.05) is 0 Å². The summed E-state index contributed by atoms with van der Waals surface area (Å²) in [4.78, 5) is 11.0. The predicted octanol–water partition coefficient (Wildman–Crippen LogP) is 3.56. The van der Waals surface area contributed by atoms with Crippen molar-refractivity contribution in [1.29, 1.82) is 0 Å². The van der Waals surface area contributed by atoms with Gasteiger partial charge in [-0.05, 0) is 30.7 Å². The Morgan fingerprint density at radius 1 is 1.15 bits per heavy atom. The molecule has 140 valence electrons. The number of nitrogens with zero attached hydrogens (tertiary/aromatic N) is 3. The number of aromatic nitrogens is 2. The van der Waals surface area contributed by atoms with E-state index in [-0.39, 0.29) is 11.9 Å². The van der Waals surface area contributed by atoms with Crippen LogP contribution in [-0.2, 0) is 4.74 Å². The van der Waals surface area contributed by atoms with Crippen LogP contribution in [0, 0.1) is 12.7 Å². The first-order valence-corrected chi connectivity index (χ1v) is 9.23. The van der Waals surface area contributed by atoms with E-state index in [9.17, 15) is 4.39 Å². The van der Waals surface area contributed by atoms with Gasteiger partial charge in [0.1, 0.15) is 18.0 Å². The number of fused-ring (bicyclic) bond motifs is 1. The molecule has 1 atom stereocenters. The highest BCUT2D eigenvalue weighted by molar-refractivity contribution is 5.88. The zero-order valence-electron chi connectivity index (χ0n) is 15.4. The SMILES string of the molecule is Cc1cccc(C(CNc2ncnc3ccc(F)cc23)N2CCOCC2)c1. The van der Waals surface area contributed by atoms with Crippen LogP contribution in [-0.4, -0.2) is 47.7 Å². The predicted molar refractivity (Wildman–Crippen MR) is 104 cm³/mol. The molecule has 5 nitrogen and oxygen atoms in total. The quantitative estimate of drug-likeness (QED) is 0.748. The van der Waals surface area contributed by atoms with Crippen LogP contribution in [0.15, 0.2) is 48.8 Å². The molecular formula is C21H23FN4O. The van der Waals surface area contributed by atoms with E-state index < -0.39 is 0 Å². The molecule has 0 spiro atoms. The first kappa shape index (κ1) is 17.8. The van der Waals surface area contributed by atoms with Crippen LogP contribution in [0.25, 0.3) is 10.9 Å². The summed E-state index contributed by atoms with van der Waals surface area (Å²) >= 11 is 0. The third-order valence-corrected chi connectivity index (χ3v) is 4.97. The molecule has 27 heavy (non-hydrogen) atoms. The summed E-state index contributed by atoms with van der Waals surface area (Å²) in [6.07, 6.45) is 1.51.